The third kappa shape index (κ3) is 5.67. The zero-order valence-corrected chi connectivity index (χ0v) is 20.6. The van der Waals surface area contributed by atoms with E-state index in [4.69, 9.17) is 0 Å². The Hall–Kier alpha value is -4.11. The van der Waals surface area contributed by atoms with Crippen LogP contribution in [0.4, 0.5) is 0 Å². The van der Waals surface area contributed by atoms with E-state index in [1.807, 2.05) is 60.9 Å². The number of hydrogen-bond acceptors (Lipinski definition) is 4. The van der Waals surface area contributed by atoms with Crippen molar-refractivity contribution in [1.29, 1.82) is 0 Å². The molecule has 2 aromatic heterocycles. The quantitative estimate of drug-likeness (QED) is 0.147. The smallest absolute Gasteiger partial charge is 0.244 e. The summed E-state index contributed by atoms with van der Waals surface area (Å²) in [6.45, 7) is 1.57. The molecule has 1 fully saturated rings. The Morgan fingerprint density at radius 2 is 1.46 bits per heavy atom. The van der Waals surface area contributed by atoms with E-state index in [-0.39, 0.29) is 17.7 Å². The fraction of sp³-hybridized carbons (Fsp3) is 0.321. The lowest BCUT2D eigenvalue weighted by molar-refractivity contribution is -0.132. The van der Waals surface area contributed by atoms with Gasteiger partial charge in [-0.2, -0.15) is 0 Å². The number of amides is 3. The number of aromatic nitrogens is 2. The Kier molecular flexibility index (Phi) is 7.51. The molecule has 9 nitrogen and oxygen atoms in total. The van der Waals surface area contributed by atoms with Crippen molar-refractivity contribution in [3.05, 3.63) is 72.1 Å². The second kappa shape index (κ2) is 11.3. The van der Waals surface area contributed by atoms with E-state index in [0.29, 0.717) is 19.3 Å². The number of hydrogen-bond donors (Lipinski definition) is 6. The van der Waals surface area contributed by atoms with Crippen LogP contribution in [0.3, 0.4) is 0 Å². The number of aromatic amines is 2. The van der Waals surface area contributed by atoms with Gasteiger partial charge in [-0.25, -0.2) is 0 Å². The van der Waals surface area contributed by atoms with Gasteiger partial charge in [-0.3, -0.25) is 14.4 Å². The molecule has 0 aliphatic carbocycles. The maximum absolute atomic E-state index is 13.6. The van der Waals surface area contributed by atoms with Crippen molar-refractivity contribution in [3.63, 3.8) is 0 Å². The van der Waals surface area contributed by atoms with Gasteiger partial charge in [0.2, 0.25) is 18.2 Å². The van der Waals surface area contributed by atoms with Gasteiger partial charge in [0.25, 0.3) is 0 Å². The molecule has 1 aliphatic rings. The van der Waals surface area contributed by atoms with E-state index >= 15 is 0 Å². The standard InChI is InChI=1S/C28H32N6O3/c35-17-32-26(14-20-16-31-24-8-4-2-6-22(20)24)34-28(37)25(33-27(36)18-9-11-29-12-10-18)13-19-15-30-23-7-3-1-5-21(19)23/h1-8,15-18,25-26,29-31H,9-14H2,(H,32,35)(H,33,36)(H,34,37)/t25-,26+/m1/s1. The topological polar surface area (TPSA) is 131 Å². The molecule has 4 aromatic rings. The summed E-state index contributed by atoms with van der Waals surface area (Å²) in [4.78, 5) is 44.6. The van der Waals surface area contributed by atoms with Crippen LogP contribution in [-0.2, 0) is 27.2 Å². The molecule has 2 aromatic carbocycles. The predicted molar refractivity (Wildman–Crippen MR) is 143 cm³/mol. The highest BCUT2D eigenvalue weighted by Crippen LogP contribution is 2.21. The second-order valence-electron chi connectivity index (χ2n) is 9.56. The van der Waals surface area contributed by atoms with Gasteiger partial charge >= 0.3 is 0 Å². The van der Waals surface area contributed by atoms with Crippen molar-refractivity contribution in [2.45, 2.75) is 37.9 Å². The number of rotatable bonds is 10. The highest BCUT2D eigenvalue weighted by molar-refractivity contribution is 5.90. The van der Waals surface area contributed by atoms with Crippen LogP contribution in [0.2, 0.25) is 0 Å². The van der Waals surface area contributed by atoms with Gasteiger partial charge in [0.1, 0.15) is 12.2 Å². The van der Waals surface area contributed by atoms with Crippen LogP contribution in [-0.4, -0.2) is 53.5 Å². The molecule has 37 heavy (non-hydrogen) atoms. The summed E-state index contributed by atoms with van der Waals surface area (Å²) in [5.74, 6) is -0.584. The maximum atomic E-state index is 13.6. The molecule has 192 valence electrons. The summed E-state index contributed by atoms with van der Waals surface area (Å²) in [5.41, 5.74) is 3.88. The monoisotopic (exact) mass is 500 g/mol. The molecule has 0 saturated carbocycles. The first-order valence-corrected chi connectivity index (χ1v) is 12.7. The van der Waals surface area contributed by atoms with E-state index < -0.39 is 12.2 Å². The third-order valence-corrected chi connectivity index (χ3v) is 7.13. The Morgan fingerprint density at radius 3 is 2.08 bits per heavy atom. The van der Waals surface area contributed by atoms with Crippen molar-refractivity contribution in [3.8, 4) is 0 Å². The van der Waals surface area contributed by atoms with Crippen molar-refractivity contribution >= 4 is 40.0 Å². The van der Waals surface area contributed by atoms with Crippen LogP contribution >= 0.6 is 0 Å². The summed E-state index contributed by atoms with van der Waals surface area (Å²) in [7, 11) is 0. The molecule has 5 rings (SSSR count). The molecular weight excluding hydrogens is 468 g/mol. The van der Waals surface area contributed by atoms with E-state index in [1.165, 1.54) is 0 Å². The SMILES string of the molecule is O=CN[C@H](Cc1c[nH]c2ccccc12)NC(=O)[C@@H](Cc1c[nH]c2ccccc12)NC(=O)C1CCNCC1. The number of carbonyl (C=O) groups is 3. The zero-order chi connectivity index (χ0) is 25.6. The molecule has 9 heteroatoms. The van der Waals surface area contributed by atoms with Crippen LogP contribution in [0.5, 0.6) is 0 Å². The Bertz CT molecular complexity index is 1390. The molecule has 0 spiro atoms. The molecule has 1 aliphatic heterocycles. The average Bonchev–Trinajstić information content (AvgIpc) is 3.53. The molecule has 3 amide bonds. The minimum atomic E-state index is -0.791. The zero-order valence-electron chi connectivity index (χ0n) is 20.6. The number of piperidine rings is 1. The fourth-order valence-corrected chi connectivity index (χ4v) is 5.13. The second-order valence-corrected chi connectivity index (χ2v) is 9.56. The number of carbonyl (C=O) groups excluding carboxylic acids is 3. The van der Waals surface area contributed by atoms with Gasteiger partial charge < -0.3 is 31.2 Å². The van der Waals surface area contributed by atoms with Crippen molar-refractivity contribution in [1.82, 2.24) is 31.2 Å². The molecule has 6 N–H and O–H groups in total. The third-order valence-electron chi connectivity index (χ3n) is 7.13. The van der Waals surface area contributed by atoms with Crippen LogP contribution in [0, 0.1) is 5.92 Å². The Labute approximate surface area is 214 Å². The summed E-state index contributed by atoms with van der Waals surface area (Å²) in [5, 5.41) is 14.0. The lowest BCUT2D eigenvalue weighted by Crippen LogP contribution is -2.55. The van der Waals surface area contributed by atoms with Gasteiger partial charge in [0, 0.05) is 53.0 Å². The van der Waals surface area contributed by atoms with Crippen LogP contribution in [0.25, 0.3) is 21.8 Å². The van der Waals surface area contributed by atoms with Gasteiger partial charge in [0.15, 0.2) is 0 Å². The first-order chi connectivity index (χ1) is 18.1. The van der Waals surface area contributed by atoms with Crippen molar-refractivity contribution < 1.29 is 14.4 Å². The van der Waals surface area contributed by atoms with Crippen LogP contribution in [0.1, 0.15) is 24.0 Å². The molecule has 2 atom stereocenters. The summed E-state index contributed by atoms with van der Waals surface area (Å²) in [6.07, 6.45) is 5.93. The van der Waals surface area contributed by atoms with Gasteiger partial charge in [-0.1, -0.05) is 36.4 Å². The molecular formula is C28H32N6O3. The molecule has 0 unspecified atom stereocenters. The lowest BCUT2D eigenvalue weighted by atomic mass is 9.96. The fourth-order valence-electron chi connectivity index (χ4n) is 5.13. The largest absolute Gasteiger partial charge is 0.361 e. The highest BCUT2D eigenvalue weighted by Gasteiger charge is 2.29. The summed E-state index contributed by atoms with van der Waals surface area (Å²) < 4.78 is 0. The summed E-state index contributed by atoms with van der Waals surface area (Å²) >= 11 is 0. The molecule has 3 heterocycles. The van der Waals surface area contributed by atoms with Crippen LogP contribution < -0.4 is 21.3 Å². The van der Waals surface area contributed by atoms with Gasteiger partial charge in [0.05, 0.1) is 0 Å². The van der Waals surface area contributed by atoms with Crippen LogP contribution in [0.15, 0.2) is 60.9 Å². The molecule has 0 bridgehead atoms. The van der Waals surface area contributed by atoms with E-state index in [1.54, 1.807) is 0 Å². The lowest BCUT2D eigenvalue weighted by Gasteiger charge is -2.26. The number of nitrogens with one attached hydrogen (secondary N) is 6. The normalized spacial score (nSPS) is 15.8. The van der Waals surface area contributed by atoms with Crippen molar-refractivity contribution in [2.75, 3.05) is 13.1 Å². The minimum Gasteiger partial charge on any atom is -0.361 e. The van der Waals surface area contributed by atoms with Gasteiger partial charge in [-0.15, -0.1) is 0 Å². The highest BCUT2D eigenvalue weighted by atomic mass is 16.2. The molecule has 0 radical (unpaired) electrons. The Morgan fingerprint density at radius 1 is 0.865 bits per heavy atom. The average molecular weight is 501 g/mol. The number of para-hydroxylation sites is 2. The first-order valence-electron chi connectivity index (χ1n) is 12.7. The predicted octanol–water partition coefficient (Wildman–Crippen LogP) is 2.11. The first kappa shape index (κ1) is 24.6. The van der Waals surface area contributed by atoms with Gasteiger partial charge in [-0.05, 0) is 49.2 Å². The number of H-pyrrole nitrogens is 2. The van der Waals surface area contributed by atoms with E-state index in [2.05, 4.69) is 31.2 Å². The number of fused-ring (bicyclic) bond motifs is 2. The Balaban J connectivity index is 1.35. The van der Waals surface area contributed by atoms with E-state index in [0.717, 1.165) is 58.9 Å². The van der Waals surface area contributed by atoms with Crippen molar-refractivity contribution in [2.24, 2.45) is 5.92 Å². The maximum Gasteiger partial charge on any atom is 0.244 e. The molecule has 1 saturated heterocycles. The number of benzene rings is 2. The summed E-state index contributed by atoms with van der Waals surface area (Å²) in [6, 6.07) is 15.0. The van der Waals surface area contributed by atoms with E-state index in [9.17, 15) is 14.4 Å². The minimum absolute atomic E-state index is 0.113.